The van der Waals surface area contributed by atoms with E-state index >= 15 is 0 Å². The number of fused-ring (bicyclic) bond motifs is 12. The van der Waals surface area contributed by atoms with Gasteiger partial charge in [-0.05, 0) is 96.1 Å². The van der Waals surface area contributed by atoms with Crippen LogP contribution in [0.5, 0.6) is 0 Å². The molecule has 0 N–H and O–H groups in total. The van der Waals surface area contributed by atoms with Gasteiger partial charge in [-0.15, -0.1) is 0 Å². The van der Waals surface area contributed by atoms with Crippen molar-refractivity contribution >= 4 is 87.2 Å². The van der Waals surface area contributed by atoms with E-state index < -0.39 is 0 Å². The summed E-state index contributed by atoms with van der Waals surface area (Å²) in [5.74, 6) is 1.76. The second kappa shape index (κ2) is 18.2. The number of rotatable bonds is 8. The minimum atomic E-state index is 0.566. The lowest BCUT2D eigenvalue weighted by Crippen LogP contribution is -2.04. The molecule has 12 aromatic carbocycles. The van der Waals surface area contributed by atoms with E-state index in [4.69, 9.17) is 15.0 Å². The summed E-state index contributed by atoms with van der Waals surface area (Å²) < 4.78 is 9.67. The van der Waals surface area contributed by atoms with Gasteiger partial charge in [0, 0.05) is 76.8 Å². The quantitative estimate of drug-likeness (QED) is 0.152. The van der Waals surface area contributed by atoms with Crippen LogP contribution < -0.4 is 0 Å². The molecule has 7 heteroatoms. The van der Waals surface area contributed by atoms with E-state index in [0.29, 0.717) is 17.5 Å². The van der Waals surface area contributed by atoms with Crippen molar-refractivity contribution in [3.05, 3.63) is 285 Å². The predicted molar refractivity (Wildman–Crippen MR) is 339 cm³/mol. The molecule has 0 unspecified atom stereocenters. The molecule has 0 fully saturated rings. The number of nitrogens with zero attached hydrogens (tertiary/aromatic N) is 7. The van der Waals surface area contributed by atoms with Crippen LogP contribution in [0, 0.1) is 0 Å². The highest BCUT2D eigenvalue weighted by atomic mass is 15.1. The molecule has 0 radical (unpaired) electrons. The third kappa shape index (κ3) is 7.06. The van der Waals surface area contributed by atoms with E-state index in [1.807, 2.05) is 36.4 Å². The fourth-order valence-electron chi connectivity index (χ4n) is 13.0. The van der Waals surface area contributed by atoms with Gasteiger partial charge in [-0.1, -0.05) is 200 Å². The smallest absolute Gasteiger partial charge is 0.166 e. The molecule has 5 aromatic heterocycles. The molecule has 0 saturated carbocycles. The maximum Gasteiger partial charge on any atom is 0.166 e. The van der Waals surface area contributed by atoms with E-state index in [0.717, 1.165) is 105 Å². The van der Waals surface area contributed by atoms with E-state index in [1.165, 1.54) is 32.3 Å². The molecule has 0 saturated heterocycles. The molecule has 17 aromatic rings. The van der Waals surface area contributed by atoms with Crippen LogP contribution in [0.4, 0.5) is 0 Å². The Morgan fingerprint density at radius 2 is 0.524 bits per heavy atom. The number of benzene rings is 12. The lowest BCUT2D eigenvalue weighted by Gasteiger charge is -2.17. The first-order chi connectivity index (χ1) is 40.7. The number of hydrogen-bond donors (Lipinski definition) is 0. The monoisotopic (exact) mass is 1050 g/mol. The molecule has 0 spiro atoms. The molecule has 0 atom stereocenters. The van der Waals surface area contributed by atoms with Gasteiger partial charge in [-0.2, -0.15) is 0 Å². The fourth-order valence-corrected chi connectivity index (χ4v) is 13.0. The Kier molecular flexibility index (Phi) is 10.2. The molecular weight excluding hydrogens is 999 g/mol. The van der Waals surface area contributed by atoms with Crippen molar-refractivity contribution in [3.8, 4) is 68.0 Å². The minimum absolute atomic E-state index is 0.566. The van der Waals surface area contributed by atoms with Gasteiger partial charge in [0.2, 0.25) is 0 Å². The maximum absolute atomic E-state index is 5.50. The topological polar surface area (TPSA) is 58.4 Å². The van der Waals surface area contributed by atoms with Crippen molar-refractivity contribution in [1.29, 1.82) is 0 Å². The Labute approximate surface area is 471 Å². The molecule has 82 heavy (non-hydrogen) atoms. The summed E-state index contributed by atoms with van der Waals surface area (Å²) in [6.45, 7) is 0. The third-order valence-electron chi connectivity index (χ3n) is 16.6. The standard InChI is InChI=1S/C75H47N7/c1-4-20-48(21-5-1)73-76-74(49-22-6-2-7-23-49)78-75(77-73)63-44-50(51-36-40-60-59-30-14-15-31-64(59)79(70(60)45-51)52-24-8-3-9-25-52)37-43-69(63)82-71-46-53(80-65-32-16-10-26-55(65)56-27-11-17-33-66(56)80)38-41-61(71)62-42-39-54(47-72(62)82)81-67-34-18-12-28-57(67)58-29-13-19-35-68(58)81/h1-47H. The Balaban J connectivity index is 0.984. The SMILES string of the molecule is c1ccc(-c2nc(-c3ccccc3)nc(-c3cc(-c4ccc5c6ccccc6n(-c6ccccc6)c5c4)ccc3-n3c4cc(-n5c6ccccc6c6ccccc65)ccc4c4ccc(-n5c6ccccc6c6ccccc65)cc43)n2)cc1. The van der Waals surface area contributed by atoms with Crippen molar-refractivity contribution in [1.82, 2.24) is 33.2 Å². The summed E-state index contributed by atoms with van der Waals surface area (Å²) in [4.78, 5) is 16.2. The zero-order valence-corrected chi connectivity index (χ0v) is 44.3. The second-order valence-electron chi connectivity index (χ2n) is 21.2. The van der Waals surface area contributed by atoms with Crippen molar-refractivity contribution < 1.29 is 0 Å². The molecule has 17 rings (SSSR count). The van der Waals surface area contributed by atoms with Crippen molar-refractivity contribution in [2.45, 2.75) is 0 Å². The maximum atomic E-state index is 5.50. The van der Waals surface area contributed by atoms with Crippen LogP contribution in [0.2, 0.25) is 0 Å². The molecule has 0 bridgehead atoms. The second-order valence-corrected chi connectivity index (χ2v) is 21.2. The van der Waals surface area contributed by atoms with Crippen LogP contribution in [0.25, 0.3) is 155 Å². The lowest BCUT2D eigenvalue weighted by molar-refractivity contribution is 1.06. The van der Waals surface area contributed by atoms with Gasteiger partial charge >= 0.3 is 0 Å². The molecule has 0 aliphatic heterocycles. The molecule has 0 aliphatic rings. The zero-order valence-electron chi connectivity index (χ0n) is 44.3. The largest absolute Gasteiger partial charge is 0.309 e. The summed E-state index contributed by atoms with van der Waals surface area (Å²) >= 11 is 0. The predicted octanol–water partition coefficient (Wildman–Crippen LogP) is 18.9. The summed E-state index contributed by atoms with van der Waals surface area (Å²) in [6.07, 6.45) is 0. The summed E-state index contributed by atoms with van der Waals surface area (Å²) in [5, 5.41) is 9.53. The average molecular weight is 1050 g/mol. The Morgan fingerprint density at radius 3 is 0.976 bits per heavy atom. The lowest BCUT2D eigenvalue weighted by atomic mass is 9.99. The molecular formula is C75H47N7. The van der Waals surface area contributed by atoms with Gasteiger partial charge in [0.05, 0.1) is 49.8 Å². The average Bonchev–Trinajstić information content (AvgIpc) is 4.35. The summed E-state index contributed by atoms with van der Waals surface area (Å²) in [6, 6.07) is 103. The van der Waals surface area contributed by atoms with Crippen LogP contribution >= 0.6 is 0 Å². The number of para-hydroxylation sites is 6. The fraction of sp³-hybridized carbons (Fsp3) is 0. The highest BCUT2D eigenvalue weighted by Gasteiger charge is 2.24. The number of hydrogen-bond acceptors (Lipinski definition) is 3. The van der Waals surface area contributed by atoms with E-state index in [1.54, 1.807) is 0 Å². The van der Waals surface area contributed by atoms with Gasteiger partial charge in [0.1, 0.15) is 0 Å². The highest BCUT2D eigenvalue weighted by Crippen LogP contribution is 2.43. The normalized spacial score (nSPS) is 11.9. The Bertz CT molecular complexity index is 5060. The molecule has 7 nitrogen and oxygen atoms in total. The van der Waals surface area contributed by atoms with E-state index in [-0.39, 0.29) is 0 Å². The van der Waals surface area contributed by atoms with Gasteiger partial charge in [-0.25, -0.2) is 15.0 Å². The Hall–Kier alpha value is -11.2. The van der Waals surface area contributed by atoms with E-state index in [2.05, 4.69) is 267 Å². The minimum Gasteiger partial charge on any atom is -0.309 e. The Morgan fingerprint density at radius 1 is 0.195 bits per heavy atom. The molecule has 0 aliphatic carbocycles. The van der Waals surface area contributed by atoms with Gasteiger partial charge < -0.3 is 18.3 Å². The number of aromatic nitrogens is 7. The molecule has 5 heterocycles. The van der Waals surface area contributed by atoms with Crippen molar-refractivity contribution in [3.63, 3.8) is 0 Å². The van der Waals surface area contributed by atoms with Gasteiger partial charge in [0.15, 0.2) is 17.5 Å². The van der Waals surface area contributed by atoms with Crippen LogP contribution in [0.3, 0.4) is 0 Å². The van der Waals surface area contributed by atoms with Gasteiger partial charge in [-0.3, -0.25) is 0 Å². The van der Waals surface area contributed by atoms with E-state index in [9.17, 15) is 0 Å². The third-order valence-corrected chi connectivity index (χ3v) is 16.6. The summed E-state index contributed by atoms with van der Waals surface area (Å²) in [7, 11) is 0. The van der Waals surface area contributed by atoms with Crippen LogP contribution in [0.15, 0.2) is 285 Å². The first kappa shape index (κ1) is 45.8. The van der Waals surface area contributed by atoms with Crippen LogP contribution in [-0.2, 0) is 0 Å². The molecule has 0 amide bonds. The summed E-state index contributed by atoms with van der Waals surface area (Å²) in [5.41, 5.74) is 18.0. The van der Waals surface area contributed by atoms with Gasteiger partial charge in [0.25, 0.3) is 0 Å². The zero-order chi connectivity index (χ0) is 53.8. The highest BCUT2D eigenvalue weighted by molar-refractivity contribution is 6.15. The van der Waals surface area contributed by atoms with Crippen molar-refractivity contribution in [2.75, 3.05) is 0 Å². The van der Waals surface area contributed by atoms with Crippen molar-refractivity contribution in [2.24, 2.45) is 0 Å². The van der Waals surface area contributed by atoms with Crippen LogP contribution in [-0.4, -0.2) is 33.2 Å². The van der Waals surface area contributed by atoms with Crippen LogP contribution in [0.1, 0.15) is 0 Å². The first-order valence-electron chi connectivity index (χ1n) is 27.8. The molecule has 382 valence electrons. The first-order valence-corrected chi connectivity index (χ1v) is 27.8.